The van der Waals surface area contributed by atoms with Gasteiger partial charge in [-0.05, 0) is 49.2 Å². The first-order chi connectivity index (χ1) is 13.9. The zero-order valence-electron chi connectivity index (χ0n) is 16.6. The van der Waals surface area contributed by atoms with Crippen molar-refractivity contribution < 1.29 is 23.9 Å². The number of benzene rings is 2. The van der Waals surface area contributed by atoms with Crippen molar-refractivity contribution in [3.8, 4) is 5.75 Å². The molecule has 0 spiro atoms. The molecule has 0 amide bonds. The van der Waals surface area contributed by atoms with E-state index in [9.17, 15) is 14.9 Å². The summed E-state index contributed by atoms with van der Waals surface area (Å²) in [7, 11) is 0. The van der Waals surface area contributed by atoms with Crippen molar-refractivity contribution in [2.75, 3.05) is 44.4 Å². The topological polar surface area (TPSA) is 91.1 Å². The number of rotatable bonds is 7. The standard InChI is InChI=1S/C21H24N2O6/c1-15-11-16(2)13-18(12-15)28-9-10-29-21(24)17-3-4-19(20(14-17)23(25)26)22-5-7-27-8-6-22/h3-4,11-14H,5-10H2,1-2H3. The zero-order chi connectivity index (χ0) is 20.8. The zero-order valence-corrected chi connectivity index (χ0v) is 16.6. The second kappa shape index (κ2) is 9.38. The number of nitrogens with zero attached hydrogens (tertiary/aromatic N) is 2. The van der Waals surface area contributed by atoms with Crippen molar-refractivity contribution in [2.45, 2.75) is 13.8 Å². The Balaban J connectivity index is 1.60. The van der Waals surface area contributed by atoms with E-state index in [1.54, 1.807) is 12.1 Å². The van der Waals surface area contributed by atoms with Gasteiger partial charge in [-0.1, -0.05) is 6.07 Å². The van der Waals surface area contributed by atoms with Crippen LogP contribution in [0.15, 0.2) is 36.4 Å². The van der Waals surface area contributed by atoms with Crippen LogP contribution in [0.2, 0.25) is 0 Å². The van der Waals surface area contributed by atoms with Crippen molar-refractivity contribution in [2.24, 2.45) is 0 Å². The molecule has 0 bridgehead atoms. The van der Waals surface area contributed by atoms with Gasteiger partial charge in [-0.3, -0.25) is 10.1 Å². The number of nitro groups is 1. The maximum absolute atomic E-state index is 12.3. The Bertz CT molecular complexity index is 872. The van der Waals surface area contributed by atoms with E-state index in [2.05, 4.69) is 0 Å². The molecule has 0 N–H and O–H groups in total. The van der Waals surface area contributed by atoms with Crippen LogP contribution in [0.5, 0.6) is 5.75 Å². The summed E-state index contributed by atoms with van der Waals surface area (Å²) in [6, 6.07) is 10.3. The quantitative estimate of drug-likeness (QED) is 0.305. The van der Waals surface area contributed by atoms with Crippen LogP contribution in [0.3, 0.4) is 0 Å². The first-order valence-corrected chi connectivity index (χ1v) is 9.43. The summed E-state index contributed by atoms with van der Waals surface area (Å²) in [4.78, 5) is 25.2. The molecular weight excluding hydrogens is 376 g/mol. The van der Waals surface area contributed by atoms with Crippen LogP contribution in [0, 0.1) is 24.0 Å². The molecule has 0 saturated carbocycles. The molecule has 0 unspecified atom stereocenters. The van der Waals surface area contributed by atoms with Gasteiger partial charge in [0.25, 0.3) is 5.69 Å². The number of anilines is 1. The largest absolute Gasteiger partial charge is 0.490 e. The summed E-state index contributed by atoms with van der Waals surface area (Å²) in [5.74, 6) is 0.0923. The number of nitro benzene ring substituents is 1. The minimum absolute atomic E-state index is 0.0465. The third kappa shape index (κ3) is 5.45. The van der Waals surface area contributed by atoms with Gasteiger partial charge in [0.2, 0.25) is 0 Å². The molecule has 1 heterocycles. The molecule has 1 saturated heterocycles. The second-order valence-electron chi connectivity index (χ2n) is 6.87. The van der Waals surface area contributed by atoms with Gasteiger partial charge in [0, 0.05) is 19.2 Å². The summed E-state index contributed by atoms with van der Waals surface area (Å²) < 4.78 is 16.1. The number of esters is 1. The molecule has 8 heteroatoms. The van der Waals surface area contributed by atoms with Crippen LogP contribution in [0.25, 0.3) is 0 Å². The number of carbonyl (C=O) groups excluding carboxylic acids is 1. The predicted molar refractivity (Wildman–Crippen MR) is 108 cm³/mol. The summed E-state index contributed by atoms with van der Waals surface area (Å²) >= 11 is 0. The van der Waals surface area contributed by atoms with Gasteiger partial charge in [0.05, 0.1) is 23.7 Å². The molecule has 2 aromatic carbocycles. The highest BCUT2D eigenvalue weighted by Gasteiger charge is 2.23. The minimum atomic E-state index is -0.620. The smallest absolute Gasteiger partial charge is 0.338 e. The van der Waals surface area contributed by atoms with Crippen LogP contribution in [0.1, 0.15) is 21.5 Å². The summed E-state index contributed by atoms with van der Waals surface area (Å²) in [6.07, 6.45) is 0. The molecular formula is C21H24N2O6. The Morgan fingerprint density at radius 1 is 1.10 bits per heavy atom. The van der Waals surface area contributed by atoms with Gasteiger partial charge >= 0.3 is 5.97 Å². The van der Waals surface area contributed by atoms with E-state index in [1.165, 1.54) is 6.07 Å². The number of aryl methyl sites for hydroxylation is 2. The van der Waals surface area contributed by atoms with Crippen molar-refractivity contribution in [3.63, 3.8) is 0 Å². The Morgan fingerprint density at radius 3 is 2.45 bits per heavy atom. The van der Waals surface area contributed by atoms with E-state index in [0.29, 0.717) is 37.7 Å². The maximum atomic E-state index is 12.3. The van der Waals surface area contributed by atoms with E-state index in [4.69, 9.17) is 14.2 Å². The predicted octanol–water partition coefficient (Wildman–Crippen LogP) is 3.28. The van der Waals surface area contributed by atoms with Crippen LogP contribution < -0.4 is 9.64 Å². The van der Waals surface area contributed by atoms with Crippen molar-refractivity contribution in [1.82, 2.24) is 0 Å². The van der Waals surface area contributed by atoms with Crippen LogP contribution in [0.4, 0.5) is 11.4 Å². The number of carbonyl (C=O) groups is 1. The minimum Gasteiger partial charge on any atom is -0.490 e. The van der Waals surface area contributed by atoms with Crippen molar-refractivity contribution >= 4 is 17.3 Å². The summed E-state index contributed by atoms with van der Waals surface area (Å²) in [5.41, 5.74) is 2.68. The molecule has 2 aromatic rings. The van der Waals surface area contributed by atoms with Gasteiger partial charge in [0.15, 0.2) is 0 Å². The third-order valence-corrected chi connectivity index (χ3v) is 4.54. The van der Waals surface area contributed by atoms with Gasteiger partial charge < -0.3 is 19.1 Å². The van der Waals surface area contributed by atoms with Crippen LogP contribution >= 0.6 is 0 Å². The number of hydrogen-bond donors (Lipinski definition) is 0. The summed E-state index contributed by atoms with van der Waals surface area (Å²) in [5, 5.41) is 11.5. The van der Waals surface area contributed by atoms with Crippen LogP contribution in [-0.4, -0.2) is 50.4 Å². The molecule has 0 aliphatic carbocycles. The molecule has 0 radical (unpaired) electrons. The van der Waals surface area contributed by atoms with Crippen LogP contribution in [-0.2, 0) is 9.47 Å². The average Bonchev–Trinajstić information content (AvgIpc) is 2.70. The Hall–Kier alpha value is -3.13. The lowest BCUT2D eigenvalue weighted by molar-refractivity contribution is -0.384. The van der Waals surface area contributed by atoms with E-state index in [0.717, 1.165) is 11.1 Å². The fraction of sp³-hybridized carbons (Fsp3) is 0.381. The molecule has 1 aliphatic heterocycles. The highest BCUT2D eigenvalue weighted by Crippen LogP contribution is 2.30. The molecule has 29 heavy (non-hydrogen) atoms. The first-order valence-electron chi connectivity index (χ1n) is 9.43. The van der Waals surface area contributed by atoms with E-state index in [-0.39, 0.29) is 24.5 Å². The Labute approximate surface area is 169 Å². The highest BCUT2D eigenvalue weighted by molar-refractivity contribution is 5.91. The Morgan fingerprint density at radius 2 is 1.79 bits per heavy atom. The molecule has 0 atom stereocenters. The normalized spacial score (nSPS) is 13.8. The fourth-order valence-electron chi connectivity index (χ4n) is 3.26. The SMILES string of the molecule is Cc1cc(C)cc(OCCOC(=O)c2ccc(N3CCOCC3)c([N+](=O)[O-])c2)c1. The number of hydrogen-bond acceptors (Lipinski definition) is 7. The van der Waals surface area contributed by atoms with Gasteiger partial charge in [0.1, 0.15) is 24.7 Å². The van der Waals surface area contributed by atoms with E-state index >= 15 is 0 Å². The second-order valence-corrected chi connectivity index (χ2v) is 6.87. The lowest BCUT2D eigenvalue weighted by Crippen LogP contribution is -2.36. The van der Waals surface area contributed by atoms with Crippen molar-refractivity contribution in [3.05, 3.63) is 63.2 Å². The molecule has 1 fully saturated rings. The van der Waals surface area contributed by atoms with Gasteiger partial charge in [-0.2, -0.15) is 0 Å². The third-order valence-electron chi connectivity index (χ3n) is 4.54. The lowest BCUT2D eigenvalue weighted by Gasteiger charge is -2.28. The monoisotopic (exact) mass is 400 g/mol. The fourth-order valence-corrected chi connectivity index (χ4v) is 3.26. The average molecular weight is 400 g/mol. The number of morpholine rings is 1. The van der Waals surface area contributed by atoms with Gasteiger partial charge in [-0.25, -0.2) is 4.79 Å². The highest BCUT2D eigenvalue weighted by atomic mass is 16.6. The van der Waals surface area contributed by atoms with E-state index in [1.807, 2.05) is 36.9 Å². The molecule has 3 rings (SSSR count). The van der Waals surface area contributed by atoms with Gasteiger partial charge in [-0.15, -0.1) is 0 Å². The molecule has 1 aliphatic rings. The number of ether oxygens (including phenoxy) is 3. The summed E-state index contributed by atoms with van der Waals surface area (Å²) in [6.45, 7) is 6.37. The lowest BCUT2D eigenvalue weighted by atomic mass is 10.1. The Kier molecular flexibility index (Phi) is 6.66. The van der Waals surface area contributed by atoms with E-state index < -0.39 is 10.9 Å². The molecule has 154 valence electrons. The maximum Gasteiger partial charge on any atom is 0.338 e. The molecule has 0 aromatic heterocycles. The van der Waals surface area contributed by atoms with Crippen molar-refractivity contribution in [1.29, 1.82) is 0 Å². The first kappa shape index (κ1) is 20.6. The molecule has 8 nitrogen and oxygen atoms in total.